The van der Waals surface area contributed by atoms with Crippen LogP contribution in [0.3, 0.4) is 0 Å². The Labute approximate surface area is 97.9 Å². The number of hydrogen-bond donors (Lipinski definition) is 1. The van der Waals surface area contributed by atoms with E-state index in [-0.39, 0.29) is 0 Å². The van der Waals surface area contributed by atoms with Gasteiger partial charge in [-0.05, 0) is 32.4 Å². The molecular formula is C12H19NO2S. The molecular weight excluding hydrogens is 222 g/mol. The summed E-state index contributed by atoms with van der Waals surface area (Å²) in [5, 5.41) is 0. The van der Waals surface area contributed by atoms with E-state index >= 15 is 0 Å². The molecule has 1 aromatic rings. The number of nitrogens with one attached hydrogen (secondary N) is 1. The standard InChI is InChI=1S/C12H19NO2S/c1-4-10-12(2,3)13-16(14,15)11-8-6-5-7-9-11/h5-9,13H,4,10H2,1-3H3. The van der Waals surface area contributed by atoms with Gasteiger partial charge in [0.25, 0.3) is 0 Å². The molecule has 0 bridgehead atoms. The van der Waals surface area contributed by atoms with Crippen molar-refractivity contribution in [3.63, 3.8) is 0 Å². The highest BCUT2D eigenvalue weighted by Crippen LogP contribution is 2.16. The lowest BCUT2D eigenvalue weighted by Crippen LogP contribution is -2.43. The van der Waals surface area contributed by atoms with Crippen LogP contribution in [-0.4, -0.2) is 14.0 Å². The summed E-state index contributed by atoms with van der Waals surface area (Å²) >= 11 is 0. The monoisotopic (exact) mass is 241 g/mol. The van der Waals surface area contributed by atoms with E-state index in [1.54, 1.807) is 30.3 Å². The van der Waals surface area contributed by atoms with Crippen LogP contribution < -0.4 is 4.72 Å². The van der Waals surface area contributed by atoms with Crippen LogP contribution in [0.4, 0.5) is 0 Å². The first kappa shape index (κ1) is 13.2. The van der Waals surface area contributed by atoms with Crippen molar-refractivity contribution < 1.29 is 8.42 Å². The fourth-order valence-electron chi connectivity index (χ4n) is 1.70. The maximum Gasteiger partial charge on any atom is 0.241 e. The van der Waals surface area contributed by atoms with Crippen LogP contribution in [0.1, 0.15) is 33.6 Å². The van der Waals surface area contributed by atoms with Crippen molar-refractivity contribution >= 4 is 10.0 Å². The third kappa shape index (κ3) is 3.61. The fraction of sp³-hybridized carbons (Fsp3) is 0.500. The number of hydrogen-bond acceptors (Lipinski definition) is 2. The molecule has 1 N–H and O–H groups in total. The molecule has 0 radical (unpaired) electrons. The molecule has 0 saturated heterocycles. The van der Waals surface area contributed by atoms with Gasteiger partial charge in [0.2, 0.25) is 10.0 Å². The van der Waals surface area contributed by atoms with E-state index in [0.29, 0.717) is 4.90 Å². The van der Waals surface area contributed by atoms with Gasteiger partial charge >= 0.3 is 0 Å². The van der Waals surface area contributed by atoms with E-state index < -0.39 is 15.6 Å². The van der Waals surface area contributed by atoms with Gasteiger partial charge < -0.3 is 0 Å². The van der Waals surface area contributed by atoms with E-state index in [1.807, 2.05) is 20.8 Å². The second-order valence-electron chi connectivity index (χ2n) is 4.55. The summed E-state index contributed by atoms with van der Waals surface area (Å²) in [5.41, 5.74) is -0.399. The van der Waals surface area contributed by atoms with Crippen LogP contribution in [0.15, 0.2) is 35.2 Å². The molecule has 4 heteroatoms. The normalized spacial score (nSPS) is 12.7. The van der Waals surface area contributed by atoms with E-state index in [1.165, 1.54) is 0 Å². The molecule has 0 aromatic heterocycles. The molecule has 0 aliphatic carbocycles. The second kappa shape index (κ2) is 4.97. The first-order chi connectivity index (χ1) is 7.37. The zero-order valence-corrected chi connectivity index (χ0v) is 10.8. The predicted octanol–water partition coefficient (Wildman–Crippen LogP) is 2.54. The van der Waals surface area contributed by atoms with Crippen LogP contribution >= 0.6 is 0 Å². The second-order valence-corrected chi connectivity index (χ2v) is 6.23. The number of benzene rings is 1. The number of rotatable bonds is 5. The van der Waals surface area contributed by atoms with Gasteiger partial charge in [0.15, 0.2) is 0 Å². The van der Waals surface area contributed by atoms with Crippen LogP contribution in [0.25, 0.3) is 0 Å². The van der Waals surface area contributed by atoms with Crippen LogP contribution in [-0.2, 0) is 10.0 Å². The van der Waals surface area contributed by atoms with Crippen molar-refractivity contribution in [3.8, 4) is 0 Å². The maximum atomic E-state index is 12.0. The Morgan fingerprint density at radius 3 is 2.25 bits per heavy atom. The molecule has 1 rings (SSSR count). The van der Waals surface area contributed by atoms with Gasteiger partial charge in [-0.15, -0.1) is 0 Å². The Morgan fingerprint density at radius 1 is 1.19 bits per heavy atom. The molecule has 0 atom stereocenters. The molecule has 16 heavy (non-hydrogen) atoms. The molecule has 0 fully saturated rings. The van der Waals surface area contributed by atoms with Gasteiger partial charge in [0.05, 0.1) is 4.90 Å². The Bertz CT molecular complexity index is 424. The predicted molar refractivity (Wildman–Crippen MR) is 65.8 cm³/mol. The zero-order chi connectivity index (χ0) is 12.2. The van der Waals surface area contributed by atoms with Crippen molar-refractivity contribution in [3.05, 3.63) is 30.3 Å². The third-order valence-corrected chi connectivity index (χ3v) is 4.05. The lowest BCUT2D eigenvalue weighted by molar-refractivity contribution is 0.418. The maximum absolute atomic E-state index is 12.0. The Kier molecular flexibility index (Phi) is 4.10. The van der Waals surface area contributed by atoms with Crippen LogP contribution in [0, 0.1) is 0 Å². The van der Waals surface area contributed by atoms with Gasteiger partial charge in [0.1, 0.15) is 0 Å². The summed E-state index contributed by atoms with van der Waals surface area (Å²) in [6.45, 7) is 5.84. The van der Waals surface area contributed by atoms with Gasteiger partial charge in [-0.1, -0.05) is 31.5 Å². The Balaban J connectivity index is 2.89. The molecule has 0 saturated carbocycles. The topological polar surface area (TPSA) is 46.2 Å². The summed E-state index contributed by atoms with van der Waals surface area (Å²) in [7, 11) is -3.39. The van der Waals surface area contributed by atoms with Crippen LogP contribution in [0.2, 0.25) is 0 Å². The van der Waals surface area contributed by atoms with Crippen molar-refractivity contribution in [2.45, 2.75) is 44.0 Å². The molecule has 0 heterocycles. The minimum absolute atomic E-state index is 0.319. The first-order valence-corrected chi connectivity index (χ1v) is 6.95. The van der Waals surface area contributed by atoms with Crippen molar-refractivity contribution in [1.29, 1.82) is 0 Å². The molecule has 0 spiro atoms. The smallest absolute Gasteiger partial charge is 0.207 e. The zero-order valence-electron chi connectivity index (χ0n) is 10.0. The molecule has 3 nitrogen and oxygen atoms in total. The highest BCUT2D eigenvalue weighted by molar-refractivity contribution is 7.89. The molecule has 0 amide bonds. The third-order valence-electron chi connectivity index (χ3n) is 2.34. The van der Waals surface area contributed by atoms with Gasteiger partial charge in [0, 0.05) is 5.54 Å². The molecule has 0 aliphatic rings. The van der Waals surface area contributed by atoms with Gasteiger partial charge in [-0.2, -0.15) is 0 Å². The quantitative estimate of drug-likeness (QED) is 0.861. The van der Waals surface area contributed by atoms with E-state index in [2.05, 4.69) is 4.72 Å². The lowest BCUT2D eigenvalue weighted by Gasteiger charge is -2.25. The van der Waals surface area contributed by atoms with Crippen molar-refractivity contribution in [1.82, 2.24) is 4.72 Å². The molecule has 0 aliphatic heterocycles. The minimum atomic E-state index is -3.39. The summed E-state index contributed by atoms with van der Waals surface area (Å²) in [6.07, 6.45) is 1.77. The number of sulfonamides is 1. The average molecular weight is 241 g/mol. The molecule has 0 unspecified atom stereocenters. The van der Waals surface area contributed by atoms with E-state index in [9.17, 15) is 8.42 Å². The minimum Gasteiger partial charge on any atom is -0.207 e. The first-order valence-electron chi connectivity index (χ1n) is 5.46. The highest BCUT2D eigenvalue weighted by Gasteiger charge is 2.24. The summed E-state index contributed by atoms with van der Waals surface area (Å²) in [5.74, 6) is 0. The van der Waals surface area contributed by atoms with E-state index in [4.69, 9.17) is 0 Å². The van der Waals surface area contributed by atoms with Gasteiger partial charge in [-0.3, -0.25) is 0 Å². The molecule has 1 aromatic carbocycles. The Morgan fingerprint density at radius 2 is 1.75 bits per heavy atom. The lowest BCUT2D eigenvalue weighted by atomic mass is 10.0. The average Bonchev–Trinajstić information content (AvgIpc) is 2.17. The van der Waals surface area contributed by atoms with Crippen LogP contribution in [0.5, 0.6) is 0 Å². The SMILES string of the molecule is CCCC(C)(C)NS(=O)(=O)c1ccccc1. The van der Waals surface area contributed by atoms with E-state index in [0.717, 1.165) is 12.8 Å². The highest BCUT2D eigenvalue weighted by atomic mass is 32.2. The largest absolute Gasteiger partial charge is 0.241 e. The molecule has 90 valence electrons. The van der Waals surface area contributed by atoms with Crippen molar-refractivity contribution in [2.24, 2.45) is 0 Å². The van der Waals surface area contributed by atoms with Gasteiger partial charge in [-0.25, -0.2) is 13.1 Å². The summed E-state index contributed by atoms with van der Waals surface area (Å²) in [6, 6.07) is 8.45. The van der Waals surface area contributed by atoms with Crippen molar-refractivity contribution in [2.75, 3.05) is 0 Å². The summed E-state index contributed by atoms with van der Waals surface area (Å²) < 4.78 is 26.7. The fourth-order valence-corrected chi connectivity index (χ4v) is 3.16. The Hall–Kier alpha value is -0.870. The summed E-state index contributed by atoms with van der Waals surface area (Å²) in [4.78, 5) is 0.319.